The van der Waals surface area contributed by atoms with Gasteiger partial charge in [-0.2, -0.15) is 0 Å². The fourth-order valence-corrected chi connectivity index (χ4v) is 0.931. The molecule has 10 heteroatoms. The maximum Gasteiger partial charge on any atom is 0.305 e. The molecule has 0 bridgehead atoms. The van der Waals surface area contributed by atoms with E-state index in [9.17, 15) is 19.7 Å². The highest BCUT2D eigenvalue weighted by Gasteiger charge is 2.15. The Balaban J connectivity index is 3.45. The lowest BCUT2D eigenvalue weighted by molar-refractivity contribution is -0.758. The fraction of sp³-hybridized carbons (Fsp3) is 0.750. The largest absolute Gasteiger partial charge is 0.481 e. The Hall–Kier alpha value is -1.94. The topological polar surface area (TPSA) is 154 Å². The highest BCUT2D eigenvalue weighted by molar-refractivity contribution is 5.85. The number of nitrogens with two attached hydrogens (primary N) is 1. The van der Waals surface area contributed by atoms with Gasteiger partial charge in [0.15, 0.2) is 0 Å². The van der Waals surface area contributed by atoms with Crippen molar-refractivity contribution in [1.82, 2.24) is 5.32 Å². The normalized spacial score (nSPS) is 11.6. The van der Waals surface area contributed by atoms with Crippen LogP contribution in [-0.4, -0.2) is 54.5 Å². The summed E-state index contributed by atoms with van der Waals surface area (Å²) in [4.78, 5) is 35.2. The monoisotopic (exact) mass is 265 g/mol. The zero-order valence-electron chi connectivity index (χ0n) is 9.53. The van der Waals surface area contributed by atoms with Crippen LogP contribution in [0.25, 0.3) is 0 Å². The molecular weight excluding hydrogens is 250 g/mol. The highest BCUT2D eigenvalue weighted by atomic mass is 17.0. The minimum absolute atomic E-state index is 0.0119. The summed E-state index contributed by atoms with van der Waals surface area (Å²) in [6.07, 6.45) is -0.455. The maximum absolute atomic E-state index is 11.2. The molecule has 1 unspecified atom stereocenters. The second kappa shape index (κ2) is 9.13. The standard InChI is InChI=1S/C8H15N3O7/c9-6(5-7(12)13)8(14)10-1-2-17-3-4-18-11(15)16/h6H,1-5,9H2,(H,10,14)(H,12,13). The first-order valence-electron chi connectivity index (χ1n) is 5.03. The van der Waals surface area contributed by atoms with Crippen molar-refractivity contribution in [1.29, 1.82) is 0 Å². The van der Waals surface area contributed by atoms with E-state index in [0.29, 0.717) is 0 Å². The molecule has 10 nitrogen and oxygen atoms in total. The molecule has 0 saturated carbocycles. The van der Waals surface area contributed by atoms with Crippen molar-refractivity contribution in [2.24, 2.45) is 5.73 Å². The van der Waals surface area contributed by atoms with Crippen LogP contribution in [-0.2, 0) is 19.2 Å². The summed E-state index contributed by atoms with van der Waals surface area (Å²) >= 11 is 0. The molecule has 104 valence electrons. The number of hydrogen-bond donors (Lipinski definition) is 3. The van der Waals surface area contributed by atoms with Crippen LogP contribution in [0.3, 0.4) is 0 Å². The van der Waals surface area contributed by atoms with E-state index in [1.54, 1.807) is 0 Å². The average molecular weight is 265 g/mol. The molecule has 0 aliphatic rings. The van der Waals surface area contributed by atoms with Crippen LogP contribution in [0.4, 0.5) is 0 Å². The zero-order chi connectivity index (χ0) is 14.0. The van der Waals surface area contributed by atoms with Crippen LogP contribution in [0, 0.1) is 10.1 Å². The van der Waals surface area contributed by atoms with Gasteiger partial charge in [0, 0.05) is 6.54 Å². The number of carboxylic acids is 1. The van der Waals surface area contributed by atoms with Gasteiger partial charge in [0.1, 0.15) is 6.61 Å². The number of ether oxygens (including phenoxy) is 1. The first-order chi connectivity index (χ1) is 8.43. The summed E-state index contributed by atoms with van der Waals surface area (Å²) in [6, 6.07) is -1.11. The van der Waals surface area contributed by atoms with E-state index in [2.05, 4.69) is 10.2 Å². The number of nitrogens with zero attached hydrogens (tertiary/aromatic N) is 1. The van der Waals surface area contributed by atoms with Gasteiger partial charge in [0.2, 0.25) is 5.91 Å². The highest BCUT2D eigenvalue weighted by Crippen LogP contribution is 1.88. The molecule has 0 radical (unpaired) electrons. The summed E-state index contributed by atoms with van der Waals surface area (Å²) in [5.41, 5.74) is 5.29. The van der Waals surface area contributed by atoms with Gasteiger partial charge < -0.3 is 25.7 Å². The fourth-order valence-electron chi connectivity index (χ4n) is 0.931. The molecule has 0 aliphatic carbocycles. The van der Waals surface area contributed by atoms with E-state index >= 15 is 0 Å². The average Bonchev–Trinajstić information content (AvgIpc) is 2.26. The molecule has 0 spiro atoms. The van der Waals surface area contributed by atoms with Crippen molar-refractivity contribution in [2.45, 2.75) is 12.5 Å². The van der Waals surface area contributed by atoms with Crippen LogP contribution in [0.5, 0.6) is 0 Å². The molecule has 1 amide bonds. The summed E-state index contributed by atoms with van der Waals surface area (Å²) in [5, 5.41) is 19.6. The molecule has 1 atom stereocenters. The third-order valence-corrected chi connectivity index (χ3v) is 1.70. The summed E-state index contributed by atoms with van der Waals surface area (Å²) in [7, 11) is 0. The van der Waals surface area contributed by atoms with Gasteiger partial charge >= 0.3 is 5.97 Å². The van der Waals surface area contributed by atoms with Gasteiger partial charge in [-0.15, -0.1) is 10.1 Å². The van der Waals surface area contributed by atoms with Crippen molar-refractivity contribution < 1.29 is 29.4 Å². The second-order valence-corrected chi connectivity index (χ2v) is 3.16. The lowest BCUT2D eigenvalue weighted by Crippen LogP contribution is -2.43. The smallest absolute Gasteiger partial charge is 0.305 e. The molecule has 0 aromatic rings. The quantitative estimate of drug-likeness (QED) is 0.236. The Morgan fingerprint density at radius 2 is 2.06 bits per heavy atom. The van der Waals surface area contributed by atoms with Crippen LogP contribution in [0.1, 0.15) is 6.42 Å². The predicted molar refractivity (Wildman–Crippen MR) is 57.0 cm³/mol. The van der Waals surface area contributed by atoms with Crippen LogP contribution < -0.4 is 11.1 Å². The Labute approximate surface area is 102 Å². The summed E-state index contributed by atoms with van der Waals surface area (Å²) < 4.78 is 4.89. The first kappa shape index (κ1) is 16.1. The Morgan fingerprint density at radius 3 is 2.61 bits per heavy atom. The molecule has 0 aromatic heterocycles. The van der Waals surface area contributed by atoms with Crippen molar-refractivity contribution in [3.8, 4) is 0 Å². The van der Waals surface area contributed by atoms with Gasteiger partial charge in [-0.1, -0.05) is 0 Å². The van der Waals surface area contributed by atoms with Crippen molar-refractivity contribution in [2.75, 3.05) is 26.4 Å². The molecule has 0 fully saturated rings. The van der Waals surface area contributed by atoms with Crippen molar-refractivity contribution >= 4 is 11.9 Å². The number of aliphatic carboxylic acids is 1. The van der Waals surface area contributed by atoms with Gasteiger partial charge in [-0.25, -0.2) is 0 Å². The second-order valence-electron chi connectivity index (χ2n) is 3.16. The number of amides is 1. The van der Waals surface area contributed by atoms with E-state index in [1.165, 1.54) is 0 Å². The molecular formula is C8H15N3O7. The minimum atomic E-state index is -1.16. The SMILES string of the molecule is NC(CC(=O)O)C(=O)NCCOCCO[N+](=O)[O-]. The number of carbonyl (C=O) groups excluding carboxylic acids is 1. The number of carboxylic acid groups (broad SMARTS) is 1. The van der Waals surface area contributed by atoms with Crippen LogP contribution in [0.2, 0.25) is 0 Å². The van der Waals surface area contributed by atoms with E-state index in [1.807, 2.05) is 0 Å². The predicted octanol–water partition coefficient (Wildman–Crippen LogP) is -1.87. The van der Waals surface area contributed by atoms with Gasteiger partial charge in [-0.05, 0) is 0 Å². The third-order valence-electron chi connectivity index (χ3n) is 1.70. The molecule has 0 rings (SSSR count). The Bertz CT molecular complexity index is 296. The van der Waals surface area contributed by atoms with E-state index in [0.717, 1.165) is 0 Å². The zero-order valence-corrected chi connectivity index (χ0v) is 9.53. The lowest BCUT2D eigenvalue weighted by atomic mass is 10.2. The molecule has 0 heterocycles. The molecule has 18 heavy (non-hydrogen) atoms. The van der Waals surface area contributed by atoms with Gasteiger partial charge in [0.25, 0.3) is 5.09 Å². The molecule has 0 aliphatic heterocycles. The van der Waals surface area contributed by atoms with E-state index in [4.69, 9.17) is 15.6 Å². The lowest BCUT2D eigenvalue weighted by Gasteiger charge is -2.10. The van der Waals surface area contributed by atoms with Crippen molar-refractivity contribution in [3.05, 3.63) is 10.1 Å². The van der Waals surface area contributed by atoms with Crippen molar-refractivity contribution in [3.63, 3.8) is 0 Å². The minimum Gasteiger partial charge on any atom is -0.481 e. The number of carbonyl (C=O) groups is 2. The van der Waals surface area contributed by atoms with E-state index in [-0.39, 0.29) is 26.4 Å². The van der Waals surface area contributed by atoms with Crippen LogP contribution >= 0.6 is 0 Å². The number of nitrogens with one attached hydrogen (secondary N) is 1. The number of hydrogen-bond acceptors (Lipinski definition) is 7. The van der Waals surface area contributed by atoms with E-state index < -0.39 is 29.4 Å². The summed E-state index contributed by atoms with van der Waals surface area (Å²) in [6.45, 7) is 0.0642. The Morgan fingerprint density at radius 1 is 1.39 bits per heavy atom. The van der Waals surface area contributed by atoms with Crippen LogP contribution in [0.15, 0.2) is 0 Å². The molecule has 0 aromatic carbocycles. The summed E-state index contributed by atoms with van der Waals surface area (Å²) in [5.74, 6) is -1.76. The Kier molecular flexibility index (Phi) is 8.14. The number of rotatable bonds is 10. The first-order valence-corrected chi connectivity index (χ1v) is 5.03. The van der Waals surface area contributed by atoms with Gasteiger partial charge in [0.05, 0.1) is 25.7 Å². The molecule has 4 N–H and O–H groups in total. The third kappa shape index (κ3) is 9.30. The maximum atomic E-state index is 11.2. The molecule has 0 saturated heterocycles. The van der Waals surface area contributed by atoms with Gasteiger partial charge in [-0.3, -0.25) is 9.59 Å².